The van der Waals surface area contributed by atoms with Gasteiger partial charge in [-0.1, -0.05) is 25.5 Å². The van der Waals surface area contributed by atoms with Gasteiger partial charge in [0.1, 0.15) is 5.60 Å². The average Bonchev–Trinajstić information content (AvgIpc) is 3.03. The summed E-state index contributed by atoms with van der Waals surface area (Å²) in [5, 5.41) is 48.9. The van der Waals surface area contributed by atoms with Crippen molar-refractivity contribution in [2.24, 2.45) is 71.9 Å². The van der Waals surface area contributed by atoms with Crippen LogP contribution in [0.15, 0.2) is 44.2 Å². The largest absolute Gasteiger partial charge is 0.393 e. The van der Waals surface area contributed by atoms with Gasteiger partial charge in [-0.15, -0.1) is 15.3 Å². The molecule has 11 heteroatoms. The molecule has 34 heavy (non-hydrogen) atoms. The second-order valence-electron chi connectivity index (χ2n) is 10.5. The summed E-state index contributed by atoms with van der Waals surface area (Å²) < 4.78 is 0. The molecule has 186 valence electrons. The van der Waals surface area contributed by atoms with Gasteiger partial charge in [0.2, 0.25) is 11.9 Å². The van der Waals surface area contributed by atoms with Crippen molar-refractivity contribution in [1.29, 1.82) is 0 Å². The molecule has 3 unspecified atom stereocenters. The summed E-state index contributed by atoms with van der Waals surface area (Å²) >= 11 is 0. The van der Waals surface area contributed by atoms with Gasteiger partial charge in [-0.3, -0.25) is 0 Å². The third kappa shape index (κ3) is 3.62. The lowest BCUT2D eigenvalue weighted by atomic mass is 9.46. The maximum atomic E-state index is 11.8. The van der Waals surface area contributed by atoms with Crippen LogP contribution >= 0.6 is 0 Å². The Balaban J connectivity index is 1.69. The highest BCUT2D eigenvalue weighted by molar-refractivity contribution is 6.06. The standard InChI is InChI=1S/C23H36N8O3/c1-21-7-5-13(28-30-19(24)25)9-12(21)3-4-14-15-6-8-23(34,17(11-32)29-31-20(26)27)22(15,2)10-16(33)18(14)21/h5,7,9,14-16,18,32-34H,3-4,6,8,10-11H2,1-2H3,(H4,24,25,30)(H4,26,27,31)/b28-13-,29-17+/t14?,15?,16-,18?,21-,22-,23-/m0/s1. The van der Waals surface area contributed by atoms with Gasteiger partial charge in [0.15, 0.2) is 0 Å². The number of hydrogen-bond donors (Lipinski definition) is 7. The molecule has 4 aliphatic carbocycles. The van der Waals surface area contributed by atoms with Crippen LogP contribution in [-0.4, -0.2) is 57.0 Å². The fourth-order valence-corrected chi connectivity index (χ4v) is 7.36. The number of allylic oxidation sites excluding steroid dienone is 4. The van der Waals surface area contributed by atoms with Gasteiger partial charge in [0, 0.05) is 16.7 Å². The predicted octanol–water partition coefficient (Wildman–Crippen LogP) is -0.322. The fraction of sp³-hybridized carbons (Fsp3) is 0.652. The molecule has 0 amide bonds. The fourth-order valence-electron chi connectivity index (χ4n) is 7.36. The van der Waals surface area contributed by atoms with Gasteiger partial charge in [-0.25, -0.2) is 0 Å². The van der Waals surface area contributed by atoms with Crippen LogP contribution in [0, 0.1) is 28.6 Å². The SMILES string of the molecule is C[C@]12C=C/C(=N/N=C(N)N)C=C1CCC1C2[C@@H](O)C[C@@]2(C)C1CC[C@]2(O)/C(CO)=N/N=C(N)N. The second kappa shape index (κ2) is 8.47. The van der Waals surface area contributed by atoms with E-state index in [0.717, 1.165) is 19.3 Å². The first-order chi connectivity index (χ1) is 16.0. The average molecular weight is 473 g/mol. The van der Waals surface area contributed by atoms with Gasteiger partial charge in [0.05, 0.1) is 24.1 Å². The number of fused-ring (bicyclic) bond motifs is 5. The topological polar surface area (TPSA) is 214 Å². The Morgan fingerprint density at radius 2 is 1.79 bits per heavy atom. The number of nitrogens with two attached hydrogens (primary N) is 4. The first-order valence-electron chi connectivity index (χ1n) is 11.7. The molecule has 3 fully saturated rings. The second-order valence-corrected chi connectivity index (χ2v) is 10.5. The molecule has 4 aliphatic rings. The Bertz CT molecular complexity index is 1030. The van der Waals surface area contributed by atoms with E-state index >= 15 is 0 Å². The molecule has 0 aromatic heterocycles. The first kappa shape index (κ1) is 24.4. The normalized spacial score (nSPS) is 42.3. The zero-order valence-electron chi connectivity index (χ0n) is 19.7. The van der Waals surface area contributed by atoms with Gasteiger partial charge >= 0.3 is 0 Å². The highest BCUT2D eigenvalue weighted by Gasteiger charge is 2.67. The molecular weight excluding hydrogens is 436 g/mol. The summed E-state index contributed by atoms with van der Waals surface area (Å²) in [5.74, 6) is -0.0258. The van der Waals surface area contributed by atoms with Crippen molar-refractivity contribution >= 4 is 23.3 Å². The van der Waals surface area contributed by atoms with E-state index in [1.807, 2.05) is 19.1 Å². The molecule has 0 aromatic rings. The Morgan fingerprint density at radius 1 is 1.09 bits per heavy atom. The lowest BCUT2D eigenvalue weighted by Gasteiger charge is -2.59. The minimum absolute atomic E-state index is 0.0129. The van der Waals surface area contributed by atoms with Crippen molar-refractivity contribution in [3.8, 4) is 0 Å². The molecule has 0 radical (unpaired) electrons. The van der Waals surface area contributed by atoms with Crippen LogP contribution in [0.3, 0.4) is 0 Å². The Kier molecular flexibility index (Phi) is 6.07. The highest BCUT2D eigenvalue weighted by atomic mass is 16.3. The maximum absolute atomic E-state index is 11.8. The Labute approximate surface area is 199 Å². The van der Waals surface area contributed by atoms with E-state index in [4.69, 9.17) is 22.9 Å². The first-order valence-corrected chi connectivity index (χ1v) is 11.7. The number of aliphatic hydroxyl groups is 3. The number of rotatable bonds is 4. The van der Waals surface area contributed by atoms with E-state index < -0.39 is 23.7 Å². The molecule has 0 heterocycles. The number of nitrogens with zero attached hydrogens (tertiary/aromatic N) is 4. The predicted molar refractivity (Wildman–Crippen MR) is 132 cm³/mol. The molecule has 4 rings (SSSR count). The molecule has 0 bridgehead atoms. The third-order valence-corrected chi connectivity index (χ3v) is 8.85. The molecule has 7 atom stereocenters. The molecule has 0 spiro atoms. The van der Waals surface area contributed by atoms with Crippen LogP contribution in [0.25, 0.3) is 0 Å². The molecule has 0 saturated heterocycles. The molecule has 11 N–H and O–H groups in total. The van der Waals surface area contributed by atoms with Crippen molar-refractivity contribution in [2.75, 3.05) is 6.61 Å². The van der Waals surface area contributed by atoms with Crippen LogP contribution in [0.1, 0.15) is 46.0 Å². The van der Waals surface area contributed by atoms with Crippen LogP contribution in [0.4, 0.5) is 0 Å². The van der Waals surface area contributed by atoms with E-state index in [0.29, 0.717) is 18.6 Å². The summed E-state index contributed by atoms with van der Waals surface area (Å²) in [4.78, 5) is 0. The molecular formula is C23H36N8O3. The molecule has 0 aromatic carbocycles. The smallest absolute Gasteiger partial charge is 0.211 e. The lowest BCUT2D eigenvalue weighted by molar-refractivity contribution is -0.143. The van der Waals surface area contributed by atoms with Crippen molar-refractivity contribution in [2.45, 2.75) is 57.7 Å². The summed E-state index contributed by atoms with van der Waals surface area (Å²) in [6.45, 7) is 3.69. The number of guanidine groups is 2. The van der Waals surface area contributed by atoms with Crippen LogP contribution in [0.2, 0.25) is 0 Å². The van der Waals surface area contributed by atoms with Gasteiger partial charge in [0.25, 0.3) is 0 Å². The summed E-state index contributed by atoms with van der Waals surface area (Å²) in [7, 11) is 0. The number of aliphatic hydroxyl groups excluding tert-OH is 2. The summed E-state index contributed by atoms with van der Waals surface area (Å²) in [6.07, 6.45) is 8.64. The van der Waals surface area contributed by atoms with Gasteiger partial charge < -0.3 is 38.3 Å². The maximum Gasteiger partial charge on any atom is 0.211 e. The van der Waals surface area contributed by atoms with E-state index in [9.17, 15) is 15.3 Å². The lowest BCUT2D eigenvalue weighted by Crippen LogP contribution is -2.61. The van der Waals surface area contributed by atoms with Gasteiger partial charge in [-0.05, 0) is 56.1 Å². The van der Waals surface area contributed by atoms with Crippen LogP contribution < -0.4 is 22.9 Å². The zero-order valence-corrected chi connectivity index (χ0v) is 19.7. The molecule has 0 aliphatic heterocycles. The highest BCUT2D eigenvalue weighted by Crippen LogP contribution is 2.67. The van der Waals surface area contributed by atoms with Crippen molar-refractivity contribution in [3.63, 3.8) is 0 Å². The molecule has 11 nitrogen and oxygen atoms in total. The van der Waals surface area contributed by atoms with Crippen LogP contribution in [-0.2, 0) is 0 Å². The third-order valence-electron chi connectivity index (χ3n) is 8.85. The summed E-state index contributed by atoms with van der Waals surface area (Å²) in [6, 6.07) is 0. The zero-order chi connectivity index (χ0) is 24.9. The van der Waals surface area contributed by atoms with Crippen molar-refractivity contribution in [3.05, 3.63) is 23.8 Å². The minimum Gasteiger partial charge on any atom is -0.393 e. The Hall–Kier alpha value is -2.76. The van der Waals surface area contributed by atoms with E-state index in [2.05, 4.69) is 33.4 Å². The molecule has 3 saturated carbocycles. The van der Waals surface area contributed by atoms with E-state index in [1.165, 1.54) is 5.57 Å². The van der Waals surface area contributed by atoms with Crippen LogP contribution in [0.5, 0.6) is 0 Å². The quantitative estimate of drug-likeness (QED) is 0.164. The summed E-state index contributed by atoms with van der Waals surface area (Å²) in [5.41, 5.74) is 21.2. The van der Waals surface area contributed by atoms with Crippen molar-refractivity contribution < 1.29 is 15.3 Å². The van der Waals surface area contributed by atoms with E-state index in [1.54, 1.807) is 0 Å². The van der Waals surface area contributed by atoms with Crippen molar-refractivity contribution in [1.82, 2.24) is 0 Å². The van der Waals surface area contributed by atoms with Gasteiger partial charge in [-0.2, -0.15) is 5.10 Å². The van der Waals surface area contributed by atoms with E-state index in [-0.39, 0.29) is 40.8 Å². The monoisotopic (exact) mass is 472 g/mol. The Morgan fingerprint density at radius 3 is 2.44 bits per heavy atom. The minimum atomic E-state index is -1.41. The number of hydrogen-bond acceptors (Lipinski definition) is 7.